The van der Waals surface area contributed by atoms with E-state index in [1.165, 1.54) is 10.4 Å². The molecule has 144 valence electrons. The molecule has 1 amide bonds. The first-order valence-corrected chi connectivity index (χ1v) is 10.5. The van der Waals surface area contributed by atoms with Crippen molar-refractivity contribution in [2.24, 2.45) is 0 Å². The summed E-state index contributed by atoms with van der Waals surface area (Å²) in [5, 5.41) is 2.73. The molecule has 0 unspecified atom stereocenters. The Labute approximate surface area is 160 Å². The van der Waals surface area contributed by atoms with Crippen molar-refractivity contribution in [1.29, 1.82) is 0 Å². The van der Waals surface area contributed by atoms with Gasteiger partial charge < -0.3 is 10.1 Å². The minimum absolute atomic E-state index is 0.193. The number of hydrogen-bond donors (Lipinski definition) is 1. The Hall–Kier alpha value is -2.38. The summed E-state index contributed by atoms with van der Waals surface area (Å²) >= 11 is 0. The number of sulfonamides is 1. The number of rotatable bonds is 6. The highest BCUT2D eigenvalue weighted by Gasteiger charge is 2.26. The molecule has 1 aliphatic rings. The Morgan fingerprint density at radius 2 is 1.74 bits per heavy atom. The van der Waals surface area contributed by atoms with Crippen LogP contribution in [0.5, 0.6) is 5.75 Å². The first kappa shape index (κ1) is 19.4. The maximum atomic E-state index is 12.8. The molecule has 6 nitrogen and oxygen atoms in total. The quantitative estimate of drug-likeness (QED) is 0.824. The van der Waals surface area contributed by atoms with Gasteiger partial charge in [0.25, 0.3) is 5.91 Å². The molecule has 0 bridgehead atoms. The van der Waals surface area contributed by atoms with Gasteiger partial charge in [-0.25, -0.2) is 8.42 Å². The average Bonchev–Trinajstić information content (AvgIpc) is 2.69. The number of carbonyl (C=O) groups is 1. The lowest BCUT2D eigenvalue weighted by molar-refractivity contribution is -0.122. The van der Waals surface area contributed by atoms with Gasteiger partial charge in [0.05, 0.1) is 4.90 Å². The number of nitrogens with zero attached hydrogens (tertiary/aromatic N) is 1. The minimum Gasteiger partial charge on any atom is -0.481 e. The first-order valence-electron chi connectivity index (χ1n) is 9.09. The van der Waals surface area contributed by atoms with Crippen molar-refractivity contribution >= 4 is 21.6 Å². The second kappa shape index (κ2) is 8.54. The molecule has 1 heterocycles. The molecule has 0 saturated carbocycles. The van der Waals surface area contributed by atoms with Gasteiger partial charge in [-0.05, 0) is 50.1 Å². The zero-order chi connectivity index (χ0) is 19.3. The van der Waals surface area contributed by atoms with Crippen LogP contribution in [0.3, 0.4) is 0 Å². The van der Waals surface area contributed by atoms with Gasteiger partial charge in [-0.3, -0.25) is 4.79 Å². The van der Waals surface area contributed by atoms with Gasteiger partial charge in [-0.2, -0.15) is 4.31 Å². The van der Waals surface area contributed by atoms with Crippen molar-refractivity contribution in [3.63, 3.8) is 0 Å². The fourth-order valence-electron chi connectivity index (χ4n) is 2.99. The molecule has 3 rings (SSSR count). The van der Waals surface area contributed by atoms with Crippen LogP contribution in [-0.2, 0) is 14.8 Å². The number of amides is 1. The molecule has 0 aromatic heterocycles. The number of nitrogens with one attached hydrogen (secondary N) is 1. The van der Waals surface area contributed by atoms with Crippen LogP contribution in [0.25, 0.3) is 0 Å². The Morgan fingerprint density at radius 3 is 2.44 bits per heavy atom. The van der Waals surface area contributed by atoms with Crippen molar-refractivity contribution < 1.29 is 17.9 Å². The van der Waals surface area contributed by atoms with Gasteiger partial charge in [-0.1, -0.05) is 30.7 Å². The minimum atomic E-state index is -3.54. The molecule has 7 heteroatoms. The van der Waals surface area contributed by atoms with E-state index < -0.39 is 16.1 Å². The van der Waals surface area contributed by atoms with E-state index in [-0.39, 0.29) is 10.8 Å². The van der Waals surface area contributed by atoms with E-state index in [4.69, 9.17) is 4.74 Å². The second-order valence-corrected chi connectivity index (χ2v) is 8.49. The van der Waals surface area contributed by atoms with Crippen LogP contribution in [0.4, 0.5) is 5.69 Å². The Kier molecular flexibility index (Phi) is 6.13. The average molecular weight is 388 g/mol. The molecule has 0 radical (unpaired) electrons. The van der Waals surface area contributed by atoms with Gasteiger partial charge in [0.2, 0.25) is 10.0 Å². The third-order valence-corrected chi connectivity index (χ3v) is 6.37. The van der Waals surface area contributed by atoms with Gasteiger partial charge in [0.15, 0.2) is 6.10 Å². The van der Waals surface area contributed by atoms with E-state index in [1.54, 1.807) is 37.3 Å². The van der Waals surface area contributed by atoms with Crippen LogP contribution in [0.2, 0.25) is 0 Å². The van der Waals surface area contributed by atoms with Crippen LogP contribution in [0.15, 0.2) is 59.5 Å². The fraction of sp³-hybridized carbons (Fsp3) is 0.350. The number of piperidine rings is 1. The maximum Gasteiger partial charge on any atom is 0.265 e. The third-order valence-electron chi connectivity index (χ3n) is 4.48. The summed E-state index contributed by atoms with van der Waals surface area (Å²) in [4.78, 5) is 12.6. The molecule has 27 heavy (non-hydrogen) atoms. The van der Waals surface area contributed by atoms with E-state index >= 15 is 0 Å². The van der Waals surface area contributed by atoms with E-state index in [1.807, 2.05) is 18.2 Å². The van der Waals surface area contributed by atoms with Crippen molar-refractivity contribution in [3.05, 3.63) is 54.6 Å². The number of anilines is 1. The van der Waals surface area contributed by atoms with Crippen LogP contribution < -0.4 is 10.1 Å². The van der Waals surface area contributed by atoms with Crippen LogP contribution in [-0.4, -0.2) is 37.8 Å². The lowest BCUT2D eigenvalue weighted by Gasteiger charge is -2.26. The maximum absolute atomic E-state index is 12.8. The van der Waals surface area contributed by atoms with E-state index in [2.05, 4.69) is 5.32 Å². The van der Waals surface area contributed by atoms with Crippen LogP contribution in [0, 0.1) is 0 Å². The number of para-hydroxylation sites is 1. The fourth-order valence-corrected chi connectivity index (χ4v) is 4.55. The number of ether oxygens (including phenoxy) is 1. The molecule has 1 saturated heterocycles. The molecule has 1 atom stereocenters. The highest BCUT2D eigenvalue weighted by Crippen LogP contribution is 2.23. The summed E-state index contributed by atoms with van der Waals surface area (Å²) in [7, 11) is -3.54. The number of hydrogen-bond acceptors (Lipinski definition) is 4. The van der Waals surface area contributed by atoms with Crippen LogP contribution >= 0.6 is 0 Å². The largest absolute Gasteiger partial charge is 0.481 e. The van der Waals surface area contributed by atoms with Crippen molar-refractivity contribution in [2.45, 2.75) is 37.2 Å². The summed E-state index contributed by atoms with van der Waals surface area (Å²) < 4.78 is 32.7. The highest BCUT2D eigenvalue weighted by molar-refractivity contribution is 7.89. The SMILES string of the molecule is C[C@@H](Oc1ccccc1)C(=O)Nc1cccc(S(=O)(=O)N2CCCCC2)c1. The van der Waals surface area contributed by atoms with E-state index in [0.29, 0.717) is 24.5 Å². The first-order chi connectivity index (χ1) is 13.0. The standard InChI is InChI=1S/C20H24N2O4S/c1-16(26-18-10-4-2-5-11-18)20(23)21-17-9-8-12-19(15-17)27(24,25)22-13-6-3-7-14-22/h2,4-5,8-12,15-16H,3,6-7,13-14H2,1H3,(H,21,23)/t16-/m1/s1. The topological polar surface area (TPSA) is 75.7 Å². The number of benzene rings is 2. The lowest BCUT2D eigenvalue weighted by Crippen LogP contribution is -2.35. The summed E-state index contributed by atoms with van der Waals surface area (Å²) in [6, 6.07) is 15.4. The Morgan fingerprint density at radius 1 is 1.04 bits per heavy atom. The normalized spacial score (nSPS) is 16.5. The molecule has 1 fully saturated rings. The van der Waals surface area contributed by atoms with E-state index in [0.717, 1.165) is 19.3 Å². The van der Waals surface area contributed by atoms with Crippen molar-refractivity contribution in [3.8, 4) is 5.75 Å². The smallest absolute Gasteiger partial charge is 0.265 e. The van der Waals surface area contributed by atoms with Gasteiger partial charge in [0.1, 0.15) is 5.75 Å². The predicted octanol–water partition coefficient (Wildman–Crippen LogP) is 3.27. The summed E-state index contributed by atoms with van der Waals surface area (Å²) in [6.45, 7) is 2.73. The van der Waals surface area contributed by atoms with Gasteiger partial charge in [0, 0.05) is 18.8 Å². The summed E-state index contributed by atoms with van der Waals surface area (Å²) in [5.41, 5.74) is 0.432. The second-order valence-electron chi connectivity index (χ2n) is 6.55. The zero-order valence-electron chi connectivity index (χ0n) is 15.3. The summed E-state index contributed by atoms with van der Waals surface area (Å²) in [6.07, 6.45) is 2.10. The van der Waals surface area contributed by atoms with Crippen molar-refractivity contribution in [1.82, 2.24) is 4.31 Å². The predicted molar refractivity (Wildman–Crippen MR) is 104 cm³/mol. The van der Waals surface area contributed by atoms with Crippen molar-refractivity contribution in [2.75, 3.05) is 18.4 Å². The molecule has 2 aromatic rings. The zero-order valence-corrected chi connectivity index (χ0v) is 16.1. The van der Waals surface area contributed by atoms with Crippen LogP contribution in [0.1, 0.15) is 26.2 Å². The van der Waals surface area contributed by atoms with Gasteiger partial charge in [-0.15, -0.1) is 0 Å². The number of carbonyl (C=O) groups excluding carboxylic acids is 1. The Bertz CT molecular complexity index is 878. The molecule has 0 aliphatic carbocycles. The molecule has 2 aromatic carbocycles. The van der Waals surface area contributed by atoms with E-state index in [9.17, 15) is 13.2 Å². The lowest BCUT2D eigenvalue weighted by atomic mass is 10.2. The molecular weight excluding hydrogens is 364 g/mol. The molecule has 1 aliphatic heterocycles. The third kappa shape index (κ3) is 4.87. The molecular formula is C20H24N2O4S. The molecule has 1 N–H and O–H groups in total. The summed E-state index contributed by atoms with van der Waals surface area (Å²) in [5.74, 6) is 0.257. The highest BCUT2D eigenvalue weighted by atomic mass is 32.2. The monoisotopic (exact) mass is 388 g/mol. The Balaban J connectivity index is 1.69. The molecule has 0 spiro atoms. The van der Waals surface area contributed by atoms with Gasteiger partial charge >= 0.3 is 0 Å².